The number of piperidine rings is 1. The van der Waals surface area contributed by atoms with Crippen molar-refractivity contribution in [2.24, 2.45) is 17.8 Å². The topological polar surface area (TPSA) is 41.1 Å². The quantitative estimate of drug-likeness (QED) is 0.747. The molecule has 3 heteroatoms. The van der Waals surface area contributed by atoms with E-state index in [2.05, 4.69) is 31.4 Å². The summed E-state index contributed by atoms with van der Waals surface area (Å²) in [5.41, 5.74) is 0. The van der Waals surface area contributed by atoms with Crippen LogP contribution in [0.1, 0.15) is 46.5 Å². The maximum Gasteiger partial charge on any atom is 0.220 e. The van der Waals surface area contributed by atoms with E-state index in [1.807, 2.05) is 0 Å². The van der Waals surface area contributed by atoms with Crippen LogP contribution in [0.4, 0.5) is 0 Å². The van der Waals surface area contributed by atoms with Crippen LogP contribution in [-0.2, 0) is 4.79 Å². The van der Waals surface area contributed by atoms with Gasteiger partial charge in [0.1, 0.15) is 0 Å². The zero-order chi connectivity index (χ0) is 12.7. The van der Waals surface area contributed by atoms with Crippen molar-refractivity contribution in [2.75, 3.05) is 19.6 Å². The van der Waals surface area contributed by atoms with Gasteiger partial charge in [0.05, 0.1) is 0 Å². The van der Waals surface area contributed by atoms with Crippen LogP contribution in [0, 0.1) is 17.8 Å². The predicted molar refractivity (Wildman–Crippen MR) is 71.8 cm³/mol. The van der Waals surface area contributed by atoms with Crippen LogP contribution in [0.3, 0.4) is 0 Å². The summed E-state index contributed by atoms with van der Waals surface area (Å²) in [4.78, 5) is 11.7. The van der Waals surface area contributed by atoms with Crippen molar-refractivity contribution in [3.05, 3.63) is 0 Å². The number of rotatable bonds is 6. The third-order valence-corrected chi connectivity index (χ3v) is 4.00. The number of hydrogen-bond acceptors (Lipinski definition) is 2. The molecule has 0 bridgehead atoms. The van der Waals surface area contributed by atoms with Crippen molar-refractivity contribution < 1.29 is 4.79 Å². The molecular formula is C14H28N2O. The fourth-order valence-corrected chi connectivity index (χ4v) is 2.10. The number of carbonyl (C=O) groups excluding carboxylic acids is 1. The Hall–Kier alpha value is -0.570. The second-order valence-corrected chi connectivity index (χ2v) is 5.76. The predicted octanol–water partition coefficient (Wildman–Crippen LogP) is 2.17. The molecule has 1 heterocycles. The molecule has 3 nitrogen and oxygen atoms in total. The van der Waals surface area contributed by atoms with E-state index < -0.39 is 0 Å². The molecule has 1 fully saturated rings. The van der Waals surface area contributed by atoms with Crippen molar-refractivity contribution in [1.29, 1.82) is 0 Å². The van der Waals surface area contributed by atoms with Gasteiger partial charge < -0.3 is 10.6 Å². The lowest BCUT2D eigenvalue weighted by molar-refractivity contribution is -0.121. The third kappa shape index (κ3) is 6.06. The summed E-state index contributed by atoms with van der Waals surface area (Å²) in [6.07, 6.45) is 4.23. The van der Waals surface area contributed by atoms with E-state index in [1.165, 1.54) is 12.8 Å². The molecule has 1 saturated heterocycles. The van der Waals surface area contributed by atoms with Crippen molar-refractivity contribution in [3.63, 3.8) is 0 Å². The first-order chi connectivity index (χ1) is 8.09. The highest BCUT2D eigenvalue weighted by Gasteiger charge is 2.15. The number of hydrogen-bond donors (Lipinski definition) is 2. The maximum atomic E-state index is 11.7. The zero-order valence-electron chi connectivity index (χ0n) is 11.6. The van der Waals surface area contributed by atoms with E-state index in [9.17, 15) is 4.79 Å². The molecule has 1 aliphatic rings. The number of amides is 1. The Bertz CT molecular complexity index is 222. The highest BCUT2D eigenvalue weighted by Crippen LogP contribution is 2.17. The van der Waals surface area contributed by atoms with Crippen molar-refractivity contribution in [1.82, 2.24) is 10.6 Å². The Labute approximate surface area is 106 Å². The van der Waals surface area contributed by atoms with Gasteiger partial charge in [-0.2, -0.15) is 0 Å². The minimum atomic E-state index is 0.232. The van der Waals surface area contributed by atoms with Gasteiger partial charge in [0.15, 0.2) is 0 Å². The van der Waals surface area contributed by atoms with E-state index in [4.69, 9.17) is 0 Å². The lowest BCUT2D eigenvalue weighted by Crippen LogP contribution is -2.31. The van der Waals surface area contributed by atoms with Crippen LogP contribution in [0.25, 0.3) is 0 Å². The summed E-state index contributed by atoms with van der Waals surface area (Å²) in [5, 5.41) is 6.40. The van der Waals surface area contributed by atoms with Gasteiger partial charge in [-0.15, -0.1) is 0 Å². The van der Waals surface area contributed by atoms with E-state index in [1.54, 1.807) is 0 Å². The van der Waals surface area contributed by atoms with Crippen LogP contribution < -0.4 is 10.6 Å². The second-order valence-electron chi connectivity index (χ2n) is 5.76. The van der Waals surface area contributed by atoms with Gasteiger partial charge in [0.2, 0.25) is 5.91 Å². The van der Waals surface area contributed by atoms with Gasteiger partial charge >= 0.3 is 0 Å². The second kappa shape index (κ2) is 7.70. The van der Waals surface area contributed by atoms with Crippen molar-refractivity contribution in [2.45, 2.75) is 46.5 Å². The molecule has 17 heavy (non-hydrogen) atoms. The third-order valence-electron chi connectivity index (χ3n) is 4.00. The molecule has 1 amide bonds. The van der Waals surface area contributed by atoms with E-state index >= 15 is 0 Å². The molecule has 1 unspecified atom stereocenters. The largest absolute Gasteiger partial charge is 0.356 e. The number of carbonyl (C=O) groups is 1. The van der Waals surface area contributed by atoms with Crippen LogP contribution in [0.5, 0.6) is 0 Å². The van der Waals surface area contributed by atoms with Crippen molar-refractivity contribution >= 4 is 5.91 Å². The smallest absolute Gasteiger partial charge is 0.220 e. The Morgan fingerprint density at radius 3 is 2.53 bits per heavy atom. The molecule has 0 aromatic heterocycles. The minimum Gasteiger partial charge on any atom is -0.356 e. The first-order valence-corrected chi connectivity index (χ1v) is 7.07. The Kier molecular flexibility index (Phi) is 6.56. The lowest BCUT2D eigenvalue weighted by atomic mass is 9.93. The molecule has 1 aliphatic heterocycles. The molecule has 0 aliphatic carbocycles. The molecule has 1 atom stereocenters. The Morgan fingerprint density at radius 1 is 1.29 bits per heavy atom. The summed E-state index contributed by atoms with van der Waals surface area (Å²) in [6, 6.07) is 0. The van der Waals surface area contributed by atoms with Crippen LogP contribution >= 0.6 is 0 Å². The standard InChI is InChI=1S/C14H28N2O/c1-11(2)12(3)10-16-14(17)5-4-13-6-8-15-9-7-13/h11-13,15H,4-10H2,1-3H3,(H,16,17). The average Bonchev–Trinajstić information content (AvgIpc) is 2.34. The van der Waals surface area contributed by atoms with E-state index in [0.29, 0.717) is 18.3 Å². The van der Waals surface area contributed by atoms with E-state index in [0.717, 1.165) is 32.0 Å². The fourth-order valence-electron chi connectivity index (χ4n) is 2.10. The first kappa shape index (κ1) is 14.5. The van der Waals surface area contributed by atoms with Gasteiger partial charge in [-0.05, 0) is 50.1 Å². The van der Waals surface area contributed by atoms with Crippen LogP contribution in [0.2, 0.25) is 0 Å². The molecule has 0 aromatic rings. The zero-order valence-corrected chi connectivity index (χ0v) is 11.6. The van der Waals surface area contributed by atoms with E-state index in [-0.39, 0.29) is 5.91 Å². The molecule has 0 aromatic carbocycles. The SMILES string of the molecule is CC(C)C(C)CNC(=O)CCC1CCNCC1. The monoisotopic (exact) mass is 240 g/mol. The highest BCUT2D eigenvalue weighted by atomic mass is 16.1. The van der Waals surface area contributed by atoms with Gasteiger partial charge in [-0.25, -0.2) is 0 Å². The average molecular weight is 240 g/mol. The molecule has 0 spiro atoms. The Balaban J connectivity index is 2.08. The minimum absolute atomic E-state index is 0.232. The fraction of sp³-hybridized carbons (Fsp3) is 0.929. The summed E-state index contributed by atoms with van der Waals surface area (Å²) < 4.78 is 0. The summed E-state index contributed by atoms with van der Waals surface area (Å²) in [7, 11) is 0. The number of nitrogens with one attached hydrogen (secondary N) is 2. The Morgan fingerprint density at radius 2 is 1.94 bits per heavy atom. The first-order valence-electron chi connectivity index (χ1n) is 7.07. The molecule has 0 radical (unpaired) electrons. The highest BCUT2D eigenvalue weighted by molar-refractivity contribution is 5.75. The molecule has 100 valence electrons. The molecule has 0 saturated carbocycles. The van der Waals surface area contributed by atoms with Gasteiger partial charge in [0, 0.05) is 13.0 Å². The summed E-state index contributed by atoms with van der Waals surface area (Å²) >= 11 is 0. The van der Waals surface area contributed by atoms with Gasteiger partial charge in [-0.3, -0.25) is 4.79 Å². The van der Waals surface area contributed by atoms with Gasteiger partial charge in [0.25, 0.3) is 0 Å². The van der Waals surface area contributed by atoms with Crippen LogP contribution in [0.15, 0.2) is 0 Å². The normalized spacial score (nSPS) is 19.3. The molecule has 2 N–H and O–H groups in total. The summed E-state index contributed by atoms with van der Waals surface area (Å²) in [6.45, 7) is 9.66. The molecular weight excluding hydrogens is 212 g/mol. The van der Waals surface area contributed by atoms with Gasteiger partial charge in [-0.1, -0.05) is 20.8 Å². The van der Waals surface area contributed by atoms with Crippen molar-refractivity contribution in [3.8, 4) is 0 Å². The summed E-state index contributed by atoms with van der Waals surface area (Å²) in [5.74, 6) is 2.19. The van der Waals surface area contributed by atoms with Crippen LogP contribution in [-0.4, -0.2) is 25.5 Å². The maximum absolute atomic E-state index is 11.7. The lowest BCUT2D eigenvalue weighted by Gasteiger charge is -2.22. The molecule has 1 rings (SSSR count).